The lowest BCUT2D eigenvalue weighted by molar-refractivity contribution is 0.0696. The zero-order chi connectivity index (χ0) is 25.0. The number of aryl methyl sites for hydroxylation is 2. The Morgan fingerprint density at radius 3 is 2.17 bits per heavy atom. The highest BCUT2D eigenvalue weighted by molar-refractivity contribution is 7.93. The van der Waals surface area contributed by atoms with Crippen molar-refractivity contribution >= 4 is 49.1 Å². The lowest BCUT2D eigenvalue weighted by Crippen LogP contribution is -2.18. The van der Waals surface area contributed by atoms with Gasteiger partial charge < -0.3 is 5.11 Å². The van der Waals surface area contributed by atoms with Crippen molar-refractivity contribution in [3.8, 4) is 0 Å². The zero-order valence-corrected chi connectivity index (χ0v) is 20.7. The molecule has 0 saturated carbocycles. The van der Waals surface area contributed by atoms with Crippen LogP contribution in [0.2, 0.25) is 0 Å². The predicted octanol–water partition coefficient (Wildman–Crippen LogP) is 5.34. The second kappa shape index (κ2) is 10.5. The maximum absolute atomic E-state index is 12.9. The predicted molar refractivity (Wildman–Crippen MR) is 136 cm³/mol. The summed E-state index contributed by atoms with van der Waals surface area (Å²) in [7, 11) is -3.75. The zero-order valence-electron chi connectivity index (χ0n) is 18.3. The van der Waals surface area contributed by atoms with E-state index >= 15 is 0 Å². The van der Waals surface area contributed by atoms with Gasteiger partial charge in [0.15, 0.2) is 0 Å². The number of hydrogen-bond donors (Lipinski definition) is 2. The van der Waals surface area contributed by atoms with Crippen LogP contribution in [-0.4, -0.2) is 28.3 Å². The highest BCUT2D eigenvalue weighted by Crippen LogP contribution is 2.37. The number of sulfone groups is 1. The molecule has 7 nitrogen and oxygen atoms in total. The molecule has 2 N–H and O–H groups in total. The van der Waals surface area contributed by atoms with Crippen LogP contribution in [-0.2, 0) is 33.9 Å². The first kappa shape index (κ1) is 24.8. The van der Waals surface area contributed by atoms with Crippen molar-refractivity contribution in [2.24, 2.45) is 0 Å². The van der Waals surface area contributed by atoms with E-state index < -0.39 is 27.1 Å². The van der Waals surface area contributed by atoms with Gasteiger partial charge in [-0.3, -0.25) is 4.55 Å². The molecule has 0 aliphatic carbocycles. The first-order chi connectivity index (χ1) is 16.8. The molecule has 4 aromatic rings. The van der Waals surface area contributed by atoms with E-state index in [2.05, 4.69) is 0 Å². The summed E-state index contributed by atoms with van der Waals surface area (Å²) in [6, 6.07) is 24.7. The van der Waals surface area contributed by atoms with E-state index in [4.69, 9.17) is 0 Å². The van der Waals surface area contributed by atoms with Crippen LogP contribution >= 0.6 is 11.3 Å². The van der Waals surface area contributed by atoms with Crippen molar-refractivity contribution in [3.63, 3.8) is 0 Å². The van der Waals surface area contributed by atoms with Gasteiger partial charge in [0.25, 0.3) is 11.3 Å². The van der Waals surface area contributed by atoms with Crippen molar-refractivity contribution in [2.45, 2.75) is 21.9 Å². The highest BCUT2D eigenvalue weighted by atomic mass is 32.2. The molecule has 1 heterocycles. The van der Waals surface area contributed by atoms with Crippen molar-refractivity contribution < 1.29 is 27.1 Å². The summed E-state index contributed by atoms with van der Waals surface area (Å²) in [5.41, 5.74) is 2.41. The summed E-state index contributed by atoms with van der Waals surface area (Å²) >= 11 is -1.52. The molecule has 0 fully saturated rings. The molecule has 1 unspecified atom stereocenters. The van der Waals surface area contributed by atoms with Gasteiger partial charge in [0.2, 0.25) is 9.84 Å². The van der Waals surface area contributed by atoms with Crippen LogP contribution in [0.3, 0.4) is 0 Å². The van der Waals surface area contributed by atoms with Crippen LogP contribution in [0.25, 0.3) is 0 Å². The standard InChI is InChI=1S/C25H21NO6S3/c27-25(28)20-8-4-6-18(16-20)12-13-19-7-5-9-21(17-19)26(34(29)30)23-14-15-24(33-23)35(31,32)22-10-2-1-3-11-22/h1-11,14-17H,12-13H2,(H,27,28)(H,29,30). The van der Waals surface area contributed by atoms with Crippen molar-refractivity contribution in [1.29, 1.82) is 0 Å². The summed E-state index contributed by atoms with van der Waals surface area (Å²) in [5, 5.41) is 9.49. The minimum absolute atomic E-state index is 0.0728. The van der Waals surface area contributed by atoms with Gasteiger partial charge in [-0.05, 0) is 72.5 Å². The fourth-order valence-electron chi connectivity index (χ4n) is 3.56. The fraction of sp³-hybridized carbons (Fsp3) is 0.0800. The molecule has 0 spiro atoms. The molecule has 4 rings (SSSR count). The molecule has 35 heavy (non-hydrogen) atoms. The van der Waals surface area contributed by atoms with Gasteiger partial charge in [0.05, 0.1) is 16.1 Å². The quantitative estimate of drug-likeness (QED) is 0.284. The molecule has 10 heteroatoms. The normalized spacial score (nSPS) is 12.3. The van der Waals surface area contributed by atoms with Crippen molar-refractivity contribution in [2.75, 3.05) is 4.31 Å². The molecular weight excluding hydrogens is 506 g/mol. The molecule has 0 bridgehead atoms. The van der Waals surface area contributed by atoms with Gasteiger partial charge in [-0.1, -0.05) is 42.5 Å². The Labute approximate surface area is 209 Å². The van der Waals surface area contributed by atoms with E-state index in [9.17, 15) is 27.1 Å². The number of aromatic carboxylic acids is 1. The molecule has 1 atom stereocenters. The number of benzene rings is 3. The summed E-state index contributed by atoms with van der Waals surface area (Å²) in [6.07, 6.45) is 1.17. The SMILES string of the molecule is O=C(O)c1cccc(CCc2cccc(N(c3ccc(S(=O)(=O)c4ccccc4)s3)S(=O)O)c2)c1. The first-order valence-corrected chi connectivity index (χ1v) is 13.8. The third kappa shape index (κ3) is 5.68. The molecule has 0 radical (unpaired) electrons. The summed E-state index contributed by atoms with van der Waals surface area (Å²) in [6.45, 7) is 0. The lowest BCUT2D eigenvalue weighted by atomic mass is 10.0. The Morgan fingerprint density at radius 2 is 1.51 bits per heavy atom. The molecule has 0 aliphatic rings. The number of rotatable bonds is 9. The average Bonchev–Trinajstić information content (AvgIpc) is 3.34. The van der Waals surface area contributed by atoms with E-state index in [1.807, 2.05) is 12.1 Å². The second-order valence-corrected chi connectivity index (χ2v) is 11.7. The highest BCUT2D eigenvalue weighted by Gasteiger charge is 2.24. The molecular formula is C25H21NO6S3. The van der Waals surface area contributed by atoms with Gasteiger partial charge in [-0.15, -0.1) is 11.3 Å². The van der Waals surface area contributed by atoms with Crippen LogP contribution in [0.1, 0.15) is 21.5 Å². The van der Waals surface area contributed by atoms with Crippen LogP contribution in [0.5, 0.6) is 0 Å². The van der Waals surface area contributed by atoms with Gasteiger partial charge >= 0.3 is 5.97 Å². The number of carboxylic acid groups (broad SMARTS) is 1. The van der Waals surface area contributed by atoms with Crippen LogP contribution in [0, 0.1) is 0 Å². The maximum atomic E-state index is 12.9. The third-order valence-electron chi connectivity index (χ3n) is 5.26. The summed E-state index contributed by atoms with van der Waals surface area (Å²) in [4.78, 5) is 11.3. The minimum atomic E-state index is -3.75. The lowest BCUT2D eigenvalue weighted by Gasteiger charge is -2.19. The largest absolute Gasteiger partial charge is 0.478 e. The Bertz CT molecular complexity index is 1480. The fourth-order valence-corrected chi connectivity index (χ4v) is 7.02. The summed E-state index contributed by atoms with van der Waals surface area (Å²) < 4.78 is 49.4. The van der Waals surface area contributed by atoms with E-state index in [-0.39, 0.29) is 14.7 Å². The van der Waals surface area contributed by atoms with Crippen LogP contribution in [0.4, 0.5) is 10.7 Å². The number of carbonyl (C=O) groups is 1. The number of carboxylic acids is 1. The monoisotopic (exact) mass is 527 g/mol. The Kier molecular flexibility index (Phi) is 7.46. The Morgan fingerprint density at radius 1 is 0.857 bits per heavy atom. The molecule has 1 aromatic heterocycles. The van der Waals surface area contributed by atoms with Crippen LogP contribution < -0.4 is 4.31 Å². The maximum Gasteiger partial charge on any atom is 0.335 e. The molecule has 0 saturated heterocycles. The average molecular weight is 528 g/mol. The molecule has 3 aromatic carbocycles. The van der Waals surface area contributed by atoms with Gasteiger partial charge in [0, 0.05) is 0 Å². The van der Waals surface area contributed by atoms with Crippen molar-refractivity contribution in [3.05, 3.63) is 108 Å². The number of thiophene rings is 1. The Hall–Kier alpha value is -3.31. The number of nitrogens with zero attached hydrogens (tertiary/aromatic N) is 1. The minimum Gasteiger partial charge on any atom is -0.478 e. The van der Waals surface area contributed by atoms with E-state index in [1.165, 1.54) is 34.6 Å². The second-order valence-electron chi connectivity index (χ2n) is 7.61. The van der Waals surface area contributed by atoms with Gasteiger partial charge in [0.1, 0.15) is 9.21 Å². The first-order valence-electron chi connectivity index (χ1n) is 10.5. The Balaban J connectivity index is 1.58. The molecule has 180 valence electrons. The topological polar surface area (TPSA) is 112 Å². The molecule has 0 amide bonds. The van der Waals surface area contributed by atoms with E-state index in [1.54, 1.807) is 48.5 Å². The van der Waals surface area contributed by atoms with Crippen LogP contribution in [0.15, 0.2) is 100 Å². The van der Waals surface area contributed by atoms with Crippen molar-refractivity contribution in [1.82, 2.24) is 0 Å². The molecule has 0 aliphatic heterocycles. The van der Waals surface area contributed by atoms with Gasteiger partial charge in [-0.2, -0.15) is 0 Å². The van der Waals surface area contributed by atoms with Gasteiger partial charge in [-0.25, -0.2) is 21.7 Å². The van der Waals surface area contributed by atoms with E-state index in [0.29, 0.717) is 23.5 Å². The van der Waals surface area contributed by atoms with E-state index in [0.717, 1.165) is 22.5 Å². The summed E-state index contributed by atoms with van der Waals surface area (Å²) in [5.74, 6) is -0.987. The number of anilines is 2. The third-order valence-corrected chi connectivity index (χ3v) is 9.43. The smallest absolute Gasteiger partial charge is 0.335 e. The number of hydrogen-bond acceptors (Lipinski definition) is 5.